The van der Waals surface area contributed by atoms with E-state index in [0.29, 0.717) is 25.2 Å². The second-order valence-corrected chi connectivity index (χ2v) is 8.71. The topological polar surface area (TPSA) is 79.4 Å². The Balaban J connectivity index is 1.73. The minimum Gasteiger partial charge on any atom is -0.346 e. The Morgan fingerprint density at radius 3 is 2.68 bits per heavy atom. The Morgan fingerprint density at radius 2 is 1.96 bits per heavy atom. The Hall–Kier alpha value is -1.90. The van der Waals surface area contributed by atoms with Gasteiger partial charge in [-0.15, -0.1) is 0 Å². The van der Waals surface area contributed by atoms with Crippen LogP contribution in [0.25, 0.3) is 0 Å². The van der Waals surface area contributed by atoms with Crippen molar-refractivity contribution in [2.75, 3.05) is 24.6 Å². The lowest BCUT2D eigenvalue weighted by atomic mass is 10.2. The van der Waals surface area contributed by atoms with Crippen LogP contribution in [-0.4, -0.2) is 48.2 Å². The van der Waals surface area contributed by atoms with Crippen molar-refractivity contribution in [2.24, 2.45) is 0 Å². The SMILES string of the molecule is O=C(NCc1ccccn1)c1cccc(S(=O)(=O)N2CCSCC2)c1. The number of carbonyl (C=O) groups excluding carboxylic acids is 1. The number of sulfonamides is 1. The molecule has 1 aromatic heterocycles. The molecule has 0 unspecified atom stereocenters. The first-order valence-corrected chi connectivity index (χ1v) is 10.5. The van der Waals surface area contributed by atoms with Crippen molar-refractivity contribution in [1.29, 1.82) is 0 Å². The van der Waals surface area contributed by atoms with Crippen LogP contribution in [-0.2, 0) is 16.6 Å². The van der Waals surface area contributed by atoms with Crippen LogP contribution in [0.15, 0.2) is 53.6 Å². The van der Waals surface area contributed by atoms with Gasteiger partial charge in [0, 0.05) is 36.4 Å². The van der Waals surface area contributed by atoms with Crippen molar-refractivity contribution in [3.05, 3.63) is 59.9 Å². The molecule has 3 rings (SSSR count). The highest BCUT2D eigenvalue weighted by molar-refractivity contribution is 7.99. The van der Waals surface area contributed by atoms with Crippen molar-refractivity contribution in [1.82, 2.24) is 14.6 Å². The van der Waals surface area contributed by atoms with Gasteiger partial charge in [-0.1, -0.05) is 12.1 Å². The van der Waals surface area contributed by atoms with Crippen LogP contribution in [0.4, 0.5) is 0 Å². The van der Waals surface area contributed by atoms with Crippen molar-refractivity contribution < 1.29 is 13.2 Å². The van der Waals surface area contributed by atoms with Gasteiger partial charge in [0.1, 0.15) is 0 Å². The summed E-state index contributed by atoms with van der Waals surface area (Å²) in [6.45, 7) is 1.30. The second kappa shape index (κ2) is 7.99. The number of hydrogen-bond acceptors (Lipinski definition) is 5. The molecular formula is C17H19N3O3S2. The molecule has 1 amide bonds. The summed E-state index contributed by atoms with van der Waals surface area (Å²) in [5, 5.41) is 2.76. The van der Waals surface area contributed by atoms with Gasteiger partial charge >= 0.3 is 0 Å². The van der Waals surface area contributed by atoms with Crippen LogP contribution in [0.3, 0.4) is 0 Å². The number of thioether (sulfide) groups is 1. The lowest BCUT2D eigenvalue weighted by molar-refractivity contribution is 0.0950. The Bertz CT molecular complexity index is 835. The fourth-order valence-electron chi connectivity index (χ4n) is 2.51. The molecule has 1 aliphatic rings. The summed E-state index contributed by atoms with van der Waals surface area (Å²) in [5.41, 5.74) is 1.06. The summed E-state index contributed by atoms with van der Waals surface area (Å²) < 4.78 is 26.9. The summed E-state index contributed by atoms with van der Waals surface area (Å²) in [4.78, 5) is 16.6. The van der Waals surface area contributed by atoms with E-state index in [1.54, 1.807) is 36.2 Å². The van der Waals surface area contributed by atoms with Gasteiger partial charge in [-0.25, -0.2) is 8.42 Å². The van der Waals surface area contributed by atoms with Gasteiger partial charge < -0.3 is 5.32 Å². The van der Waals surface area contributed by atoms with E-state index in [4.69, 9.17) is 0 Å². The molecule has 8 heteroatoms. The molecule has 25 heavy (non-hydrogen) atoms. The monoisotopic (exact) mass is 377 g/mol. The molecule has 6 nitrogen and oxygen atoms in total. The number of aromatic nitrogens is 1. The van der Waals surface area contributed by atoms with E-state index in [0.717, 1.165) is 17.2 Å². The molecule has 2 heterocycles. The Labute approximate surface area is 151 Å². The lowest BCUT2D eigenvalue weighted by Gasteiger charge is -2.25. The molecule has 132 valence electrons. The van der Waals surface area contributed by atoms with E-state index in [1.165, 1.54) is 16.4 Å². The molecule has 1 N–H and O–H groups in total. The number of pyridine rings is 1. The number of nitrogens with zero attached hydrogens (tertiary/aromatic N) is 2. The average molecular weight is 377 g/mol. The molecule has 1 aliphatic heterocycles. The normalized spacial score (nSPS) is 15.7. The van der Waals surface area contributed by atoms with Gasteiger partial charge in [0.15, 0.2) is 0 Å². The fourth-order valence-corrected chi connectivity index (χ4v) is 5.13. The second-order valence-electron chi connectivity index (χ2n) is 5.55. The van der Waals surface area contributed by atoms with Crippen molar-refractivity contribution in [3.63, 3.8) is 0 Å². The first-order chi connectivity index (χ1) is 12.1. The number of rotatable bonds is 5. The summed E-state index contributed by atoms with van der Waals surface area (Å²) in [7, 11) is -3.56. The summed E-state index contributed by atoms with van der Waals surface area (Å²) >= 11 is 1.75. The maximum absolute atomic E-state index is 12.7. The van der Waals surface area contributed by atoms with Crippen LogP contribution in [0.2, 0.25) is 0 Å². The van der Waals surface area contributed by atoms with E-state index < -0.39 is 10.0 Å². The molecule has 1 aromatic carbocycles. The molecule has 0 radical (unpaired) electrons. The van der Waals surface area contributed by atoms with Crippen molar-refractivity contribution >= 4 is 27.7 Å². The molecular weight excluding hydrogens is 358 g/mol. The smallest absolute Gasteiger partial charge is 0.251 e. The predicted octanol–water partition coefficient (Wildman–Crippen LogP) is 1.75. The maximum Gasteiger partial charge on any atom is 0.251 e. The molecule has 1 fully saturated rings. The third-order valence-electron chi connectivity index (χ3n) is 3.86. The number of amides is 1. The molecule has 0 saturated carbocycles. The van der Waals surface area contributed by atoms with E-state index in [1.807, 2.05) is 12.1 Å². The zero-order valence-corrected chi connectivity index (χ0v) is 15.2. The summed E-state index contributed by atoms with van der Waals surface area (Å²) in [5.74, 6) is 1.27. The number of benzene rings is 1. The zero-order chi connectivity index (χ0) is 17.7. The maximum atomic E-state index is 12.7. The number of hydrogen-bond donors (Lipinski definition) is 1. The predicted molar refractivity (Wildman–Crippen MR) is 97.9 cm³/mol. The van der Waals surface area contributed by atoms with E-state index in [2.05, 4.69) is 10.3 Å². The lowest BCUT2D eigenvalue weighted by Crippen LogP contribution is -2.38. The van der Waals surface area contributed by atoms with Crippen LogP contribution >= 0.6 is 11.8 Å². The minimum absolute atomic E-state index is 0.157. The number of carbonyl (C=O) groups is 1. The van der Waals surface area contributed by atoms with Gasteiger partial charge in [0.2, 0.25) is 10.0 Å². The number of nitrogens with one attached hydrogen (secondary N) is 1. The quantitative estimate of drug-likeness (QED) is 0.859. The molecule has 0 aliphatic carbocycles. The third-order valence-corrected chi connectivity index (χ3v) is 6.70. The van der Waals surface area contributed by atoms with Gasteiger partial charge in [0.25, 0.3) is 5.91 Å². The van der Waals surface area contributed by atoms with Gasteiger partial charge in [-0.3, -0.25) is 9.78 Å². The average Bonchev–Trinajstić information content (AvgIpc) is 2.67. The van der Waals surface area contributed by atoms with Crippen molar-refractivity contribution in [2.45, 2.75) is 11.4 Å². The highest BCUT2D eigenvalue weighted by Gasteiger charge is 2.26. The fraction of sp³-hybridized carbons (Fsp3) is 0.294. The van der Waals surface area contributed by atoms with E-state index in [9.17, 15) is 13.2 Å². The van der Waals surface area contributed by atoms with E-state index >= 15 is 0 Å². The first kappa shape index (κ1) is 17.9. The van der Waals surface area contributed by atoms with Gasteiger partial charge in [0.05, 0.1) is 17.1 Å². The van der Waals surface area contributed by atoms with E-state index in [-0.39, 0.29) is 10.8 Å². The van der Waals surface area contributed by atoms with Crippen LogP contribution in [0.5, 0.6) is 0 Å². The van der Waals surface area contributed by atoms with Crippen LogP contribution in [0.1, 0.15) is 16.1 Å². The standard InChI is InChI=1S/C17H19N3O3S2/c21-17(19-13-15-5-1-2-7-18-15)14-4-3-6-16(12-14)25(22,23)20-8-10-24-11-9-20/h1-7,12H,8-11,13H2,(H,19,21). The molecule has 2 aromatic rings. The molecule has 0 atom stereocenters. The summed E-state index contributed by atoms with van der Waals surface area (Å²) in [6, 6.07) is 11.6. The van der Waals surface area contributed by atoms with Gasteiger partial charge in [-0.2, -0.15) is 16.1 Å². The Kier molecular flexibility index (Phi) is 5.72. The Morgan fingerprint density at radius 1 is 1.16 bits per heavy atom. The molecule has 0 spiro atoms. The van der Waals surface area contributed by atoms with Crippen molar-refractivity contribution in [3.8, 4) is 0 Å². The molecule has 0 bridgehead atoms. The van der Waals surface area contributed by atoms with Crippen LogP contribution < -0.4 is 5.32 Å². The highest BCUT2D eigenvalue weighted by atomic mass is 32.2. The summed E-state index contributed by atoms with van der Waals surface area (Å²) in [6.07, 6.45) is 1.66. The van der Waals surface area contributed by atoms with Gasteiger partial charge in [-0.05, 0) is 30.3 Å². The highest BCUT2D eigenvalue weighted by Crippen LogP contribution is 2.21. The first-order valence-electron chi connectivity index (χ1n) is 7.93. The third kappa shape index (κ3) is 4.39. The molecule has 1 saturated heterocycles. The van der Waals surface area contributed by atoms with Crippen LogP contribution in [0, 0.1) is 0 Å². The largest absolute Gasteiger partial charge is 0.346 e. The zero-order valence-electron chi connectivity index (χ0n) is 13.6. The minimum atomic E-state index is -3.56.